The van der Waals surface area contributed by atoms with Gasteiger partial charge in [0.05, 0.1) is 27.7 Å². The van der Waals surface area contributed by atoms with E-state index >= 15 is 0 Å². The number of likely N-dealkylation sites (tertiary alicyclic amines) is 1. The molecule has 1 heterocycles. The number of ether oxygens (including phenoxy) is 3. The molecule has 32 heavy (non-hydrogen) atoms. The maximum atomic E-state index is 13.4. The van der Waals surface area contributed by atoms with Crippen molar-refractivity contribution < 1.29 is 23.5 Å². The van der Waals surface area contributed by atoms with Gasteiger partial charge in [0.2, 0.25) is 6.10 Å². The number of hydrogen-bond donors (Lipinski definition) is 0. The Morgan fingerprint density at radius 2 is 1.56 bits per heavy atom. The van der Waals surface area contributed by atoms with E-state index in [4.69, 9.17) is 14.2 Å². The van der Waals surface area contributed by atoms with Crippen LogP contribution in [0.15, 0.2) is 78.9 Å². The molecule has 0 amide bonds. The summed E-state index contributed by atoms with van der Waals surface area (Å²) < 4.78 is 18.3. The van der Waals surface area contributed by atoms with Gasteiger partial charge in [-0.25, -0.2) is 4.79 Å². The van der Waals surface area contributed by atoms with Gasteiger partial charge in [0.25, 0.3) is 0 Å². The SMILES string of the molecule is COc1ccc(OC(C(=O)OC2CC[N+](C)(C)C2)c2ccccc2-c2ccccc2)cc1. The number of methoxy groups -OCH3 is 1. The second-order valence-corrected chi connectivity index (χ2v) is 8.82. The van der Waals surface area contributed by atoms with Crippen molar-refractivity contribution in [1.82, 2.24) is 0 Å². The molecule has 5 heteroatoms. The lowest BCUT2D eigenvalue weighted by molar-refractivity contribution is -0.879. The first kappa shape index (κ1) is 21.9. The zero-order valence-corrected chi connectivity index (χ0v) is 18.9. The maximum Gasteiger partial charge on any atom is 0.352 e. The summed E-state index contributed by atoms with van der Waals surface area (Å²) in [5, 5.41) is 0. The lowest BCUT2D eigenvalue weighted by atomic mass is 9.96. The number of hydrogen-bond acceptors (Lipinski definition) is 4. The minimum absolute atomic E-state index is 0.108. The molecule has 3 aromatic rings. The predicted octanol–water partition coefficient (Wildman–Crippen LogP) is 4.87. The molecule has 0 aliphatic carbocycles. The van der Waals surface area contributed by atoms with Crippen LogP contribution in [0.5, 0.6) is 11.5 Å². The standard InChI is InChI=1S/C27H30NO4/c1-28(2)18-17-23(19-28)32-27(29)26(31-22-15-13-21(30-3)14-16-22)25-12-8-7-11-24(25)20-9-5-4-6-10-20/h4-16,23,26H,17-19H2,1-3H3/q+1. The second kappa shape index (κ2) is 9.45. The summed E-state index contributed by atoms with van der Waals surface area (Å²) in [4.78, 5) is 13.4. The molecule has 5 nitrogen and oxygen atoms in total. The zero-order chi connectivity index (χ0) is 22.6. The fourth-order valence-corrected chi connectivity index (χ4v) is 4.18. The average Bonchev–Trinajstić information content (AvgIpc) is 3.16. The van der Waals surface area contributed by atoms with Crippen molar-refractivity contribution in [2.75, 3.05) is 34.3 Å². The van der Waals surface area contributed by atoms with Crippen LogP contribution in [0.3, 0.4) is 0 Å². The first-order valence-corrected chi connectivity index (χ1v) is 10.9. The number of carbonyl (C=O) groups excluding carboxylic acids is 1. The van der Waals surface area contributed by atoms with Gasteiger partial charge in [-0.1, -0.05) is 54.6 Å². The second-order valence-electron chi connectivity index (χ2n) is 8.82. The Hall–Kier alpha value is -3.31. The fourth-order valence-electron chi connectivity index (χ4n) is 4.18. The Labute approximate surface area is 189 Å². The van der Waals surface area contributed by atoms with E-state index in [9.17, 15) is 4.79 Å². The molecule has 3 aromatic carbocycles. The highest BCUT2D eigenvalue weighted by Crippen LogP contribution is 2.33. The van der Waals surface area contributed by atoms with Crippen LogP contribution < -0.4 is 9.47 Å². The Kier molecular flexibility index (Phi) is 6.47. The van der Waals surface area contributed by atoms with Gasteiger partial charge in [-0.15, -0.1) is 0 Å². The summed E-state index contributed by atoms with van der Waals surface area (Å²) in [6, 6.07) is 25.1. The summed E-state index contributed by atoms with van der Waals surface area (Å²) in [6.07, 6.45) is -0.131. The first-order valence-electron chi connectivity index (χ1n) is 10.9. The third kappa shape index (κ3) is 5.11. The average molecular weight is 433 g/mol. The molecule has 0 bridgehead atoms. The number of rotatable bonds is 7. The number of benzene rings is 3. The lowest BCUT2D eigenvalue weighted by Gasteiger charge is -2.25. The maximum absolute atomic E-state index is 13.4. The van der Waals surface area contributed by atoms with Crippen LogP contribution in [0, 0.1) is 0 Å². The van der Waals surface area contributed by atoms with Crippen molar-refractivity contribution in [3.8, 4) is 22.6 Å². The molecule has 4 rings (SSSR count). The number of quaternary nitrogens is 1. The van der Waals surface area contributed by atoms with E-state index in [1.54, 1.807) is 19.2 Å². The van der Waals surface area contributed by atoms with Crippen molar-refractivity contribution in [2.24, 2.45) is 0 Å². The number of carbonyl (C=O) groups is 1. The van der Waals surface area contributed by atoms with Crippen molar-refractivity contribution in [3.63, 3.8) is 0 Å². The monoisotopic (exact) mass is 432 g/mol. The molecule has 0 aromatic heterocycles. The van der Waals surface area contributed by atoms with Gasteiger partial charge in [-0.3, -0.25) is 0 Å². The van der Waals surface area contributed by atoms with Crippen molar-refractivity contribution in [3.05, 3.63) is 84.4 Å². The van der Waals surface area contributed by atoms with E-state index in [0.29, 0.717) is 5.75 Å². The minimum Gasteiger partial charge on any atom is -0.497 e. The van der Waals surface area contributed by atoms with Crippen LogP contribution in [-0.2, 0) is 9.53 Å². The van der Waals surface area contributed by atoms with Gasteiger partial charge in [0, 0.05) is 12.0 Å². The van der Waals surface area contributed by atoms with Gasteiger partial charge in [-0.2, -0.15) is 0 Å². The van der Waals surface area contributed by atoms with Gasteiger partial charge in [-0.05, 0) is 35.4 Å². The van der Waals surface area contributed by atoms with Gasteiger partial charge >= 0.3 is 5.97 Å². The van der Waals surface area contributed by atoms with Crippen LogP contribution in [0.1, 0.15) is 18.1 Å². The van der Waals surface area contributed by atoms with Crippen LogP contribution in [0.2, 0.25) is 0 Å². The van der Waals surface area contributed by atoms with Crippen LogP contribution in [0.25, 0.3) is 11.1 Å². The summed E-state index contributed by atoms with van der Waals surface area (Å²) in [6.45, 7) is 1.80. The highest BCUT2D eigenvalue weighted by molar-refractivity contribution is 5.81. The summed E-state index contributed by atoms with van der Waals surface area (Å²) in [5.74, 6) is 0.946. The minimum atomic E-state index is -0.879. The van der Waals surface area contributed by atoms with Crippen LogP contribution >= 0.6 is 0 Å². The Bertz CT molecular complexity index is 1050. The largest absolute Gasteiger partial charge is 0.497 e. The smallest absolute Gasteiger partial charge is 0.352 e. The summed E-state index contributed by atoms with van der Waals surface area (Å²) >= 11 is 0. The Balaban J connectivity index is 1.67. The number of esters is 1. The van der Waals surface area contributed by atoms with Gasteiger partial charge < -0.3 is 18.7 Å². The molecule has 2 unspecified atom stereocenters. The topological polar surface area (TPSA) is 44.8 Å². The molecule has 1 aliphatic heterocycles. The molecular weight excluding hydrogens is 402 g/mol. The van der Waals surface area contributed by atoms with E-state index in [1.165, 1.54) is 0 Å². The van der Waals surface area contributed by atoms with E-state index in [-0.39, 0.29) is 12.1 Å². The molecule has 0 radical (unpaired) electrons. The molecule has 1 saturated heterocycles. The van der Waals surface area contributed by atoms with E-state index < -0.39 is 6.10 Å². The molecule has 0 spiro atoms. The third-order valence-electron chi connectivity index (χ3n) is 5.89. The Morgan fingerprint density at radius 1 is 0.906 bits per heavy atom. The third-order valence-corrected chi connectivity index (χ3v) is 5.89. The zero-order valence-electron chi connectivity index (χ0n) is 18.9. The summed E-state index contributed by atoms with van der Waals surface area (Å²) in [5.41, 5.74) is 2.76. The van der Waals surface area contributed by atoms with E-state index in [1.807, 2.05) is 66.7 Å². The fraction of sp³-hybridized carbons (Fsp3) is 0.296. The quantitative estimate of drug-likeness (QED) is 0.395. The van der Waals surface area contributed by atoms with Crippen LogP contribution in [-0.4, -0.2) is 50.9 Å². The molecule has 1 fully saturated rings. The highest BCUT2D eigenvalue weighted by Gasteiger charge is 2.36. The van der Waals surface area contributed by atoms with E-state index in [0.717, 1.165) is 46.4 Å². The molecule has 166 valence electrons. The predicted molar refractivity (Wildman–Crippen MR) is 125 cm³/mol. The number of likely N-dealkylation sites (N-methyl/N-ethyl adjacent to an activating group) is 1. The highest BCUT2D eigenvalue weighted by atomic mass is 16.6. The molecule has 1 aliphatic rings. The van der Waals surface area contributed by atoms with Gasteiger partial charge in [0.1, 0.15) is 18.0 Å². The lowest BCUT2D eigenvalue weighted by Crippen LogP contribution is -2.38. The molecular formula is C27H30NO4+. The first-order chi connectivity index (χ1) is 15.4. The Morgan fingerprint density at radius 3 is 2.22 bits per heavy atom. The van der Waals surface area contributed by atoms with Crippen molar-refractivity contribution in [2.45, 2.75) is 18.6 Å². The van der Waals surface area contributed by atoms with E-state index in [2.05, 4.69) is 14.1 Å². The number of nitrogens with zero attached hydrogens (tertiary/aromatic N) is 1. The normalized spacial score (nSPS) is 18.0. The van der Waals surface area contributed by atoms with Crippen molar-refractivity contribution >= 4 is 5.97 Å². The van der Waals surface area contributed by atoms with Crippen molar-refractivity contribution in [1.29, 1.82) is 0 Å². The van der Waals surface area contributed by atoms with Gasteiger partial charge in [0.15, 0.2) is 6.10 Å². The van der Waals surface area contributed by atoms with Crippen LogP contribution in [0.4, 0.5) is 0 Å². The molecule has 2 atom stereocenters. The summed E-state index contributed by atoms with van der Waals surface area (Å²) in [7, 11) is 5.93. The molecule has 0 N–H and O–H groups in total. The molecule has 0 saturated carbocycles.